The van der Waals surface area contributed by atoms with Crippen LogP contribution in [-0.2, 0) is 32.5 Å². The van der Waals surface area contributed by atoms with Gasteiger partial charge in [-0.05, 0) is 0 Å². The number of rotatable bonds is 4. The Hall–Kier alpha value is 0.655. The molecule has 0 aliphatic heterocycles. The van der Waals surface area contributed by atoms with Crippen molar-refractivity contribution in [2.24, 2.45) is 0 Å². The second-order valence-electron chi connectivity index (χ2n) is 1.89. The van der Waals surface area contributed by atoms with E-state index in [9.17, 15) is 0 Å². The van der Waals surface area contributed by atoms with E-state index in [2.05, 4.69) is 6.92 Å². The Morgan fingerprint density at radius 1 is 1.73 bits per heavy atom. The molecular formula is C6H13ClHgO3. The summed E-state index contributed by atoms with van der Waals surface area (Å²) >= 11 is 4.43. The number of hydrogen-bond acceptors (Lipinski definition) is 2. The Labute approximate surface area is 85.2 Å². The number of carboxylic acids is 1. The van der Waals surface area contributed by atoms with Crippen molar-refractivity contribution < 1.29 is 37.6 Å². The predicted octanol–water partition coefficient (Wildman–Crippen LogP) is 2.12. The first-order valence-corrected chi connectivity index (χ1v) is 10.1. The summed E-state index contributed by atoms with van der Waals surface area (Å²) in [7, 11) is 0. The average molecular weight is 369 g/mol. The summed E-state index contributed by atoms with van der Waals surface area (Å²) in [6.07, 6.45) is 1.28. The van der Waals surface area contributed by atoms with Crippen molar-refractivity contribution in [3.05, 3.63) is 0 Å². The Kier molecular flexibility index (Phi) is 17.1. The van der Waals surface area contributed by atoms with Gasteiger partial charge in [-0.2, -0.15) is 0 Å². The predicted molar refractivity (Wildman–Crippen MR) is 40.2 cm³/mol. The van der Waals surface area contributed by atoms with Gasteiger partial charge in [0.2, 0.25) is 0 Å². The summed E-state index contributed by atoms with van der Waals surface area (Å²) in [5.74, 6) is -0.833. The summed E-state index contributed by atoms with van der Waals surface area (Å²) in [4.78, 5) is 9.00. The van der Waals surface area contributed by atoms with Crippen LogP contribution in [-0.4, -0.2) is 17.1 Å². The molecule has 0 spiro atoms. The number of halogens is 1. The maximum atomic E-state index is 9.00. The third-order valence-corrected chi connectivity index (χ3v) is 7.67. The molecule has 0 heterocycles. The molecular weight excluding hydrogens is 356 g/mol. The van der Waals surface area contributed by atoms with E-state index in [0.717, 1.165) is 6.92 Å². The van der Waals surface area contributed by atoms with Crippen molar-refractivity contribution in [3.63, 3.8) is 0 Å². The number of alkyl halides is 1. The van der Waals surface area contributed by atoms with Crippen molar-refractivity contribution >= 4 is 17.6 Å². The molecule has 0 radical (unpaired) electrons. The molecule has 0 bridgehead atoms. The minimum absolute atomic E-state index is 0.432. The Morgan fingerprint density at radius 3 is 2.45 bits per heavy atom. The molecule has 0 aromatic rings. The summed E-state index contributed by atoms with van der Waals surface area (Å²) < 4.78 is 6.40. The SMILES string of the molecule is CC(=O)O.CC[CH2][Hg][O]CCl. The quantitative estimate of drug-likeness (QED) is 0.469. The minimum atomic E-state index is -0.836. The van der Waals surface area contributed by atoms with E-state index in [1.54, 1.807) is 0 Å². The zero-order chi connectivity index (χ0) is 9.11. The molecule has 0 aliphatic rings. The first kappa shape index (κ1) is 14.2. The standard InChI is InChI=1S/C3H7.C2H4O2.CH2ClO.Hg/c1-3-2;1-2(3)4;2-1-3;/h1,3H2,2H3;1H3,(H,3,4);1H2;/q;;-1;+1. The van der Waals surface area contributed by atoms with Crippen LogP contribution in [0, 0.1) is 0 Å². The van der Waals surface area contributed by atoms with Crippen LogP contribution in [0.3, 0.4) is 0 Å². The van der Waals surface area contributed by atoms with Crippen molar-refractivity contribution in [1.82, 2.24) is 0 Å². The number of carboxylic acid groups (broad SMARTS) is 1. The van der Waals surface area contributed by atoms with Crippen LogP contribution in [0.5, 0.6) is 0 Å². The van der Waals surface area contributed by atoms with Crippen LogP contribution in [0.25, 0.3) is 0 Å². The molecule has 0 saturated carbocycles. The zero-order valence-corrected chi connectivity index (χ0v) is 13.2. The summed E-state index contributed by atoms with van der Waals surface area (Å²) in [6, 6.07) is 0.432. The molecule has 0 aromatic carbocycles. The van der Waals surface area contributed by atoms with E-state index in [4.69, 9.17) is 24.1 Å². The number of carbonyl (C=O) groups is 1. The van der Waals surface area contributed by atoms with Gasteiger partial charge in [-0.3, -0.25) is 4.79 Å². The van der Waals surface area contributed by atoms with Gasteiger partial charge < -0.3 is 5.11 Å². The summed E-state index contributed by atoms with van der Waals surface area (Å²) in [6.45, 7) is 3.26. The van der Waals surface area contributed by atoms with Crippen molar-refractivity contribution in [1.29, 1.82) is 0 Å². The number of aliphatic carboxylic acids is 1. The summed E-state index contributed by atoms with van der Waals surface area (Å²) in [5, 5.41) is 7.42. The molecule has 0 fully saturated rings. The molecule has 0 aromatic heterocycles. The number of hydrogen-bond donors (Lipinski definition) is 1. The Balaban J connectivity index is 0. The molecule has 11 heavy (non-hydrogen) atoms. The van der Waals surface area contributed by atoms with Crippen LogP contribution >= 0.6 is 11.6 Å². The fourth-order valence-electron chi connectivity index (χ4n) is 0.301. The van der Waals surface area contributed by atoms with Crippen molar-refractivity contribution in [2.45, 2.75) is 24.2 Å². The Morgan fingerprint density at radius 2 is 2.18 bits per heavy atom. The first-order valence-electron chi connectivity index (χ1n) is 3.48. The molecule has 0 aliphatic carbocycles. The van der Waals surface area contributed by atoms with Crippen LogP contribution in [0.15, 0.2) is 0 Å². The van der Waals surface area contributed by atoms with Gasteiger partial charge in [0.1, 0.15) is 0 Å². The topological polar surface area (TPSA) is 46.5 Å². The second-order valence-corrected chi connectivity index (χ2v) is 8.03. The van der Waals surface area contributed by atoms with Crippen LogP contribution in [0.2, 0.25) is 3.93 Å². The van der Waals surface area contributed by atoms with Gasteiger partial charge in [-0.15, -0.1) is 0 Å². The van der Waals surface area contributed by atoms with Gasteiger partial charge in [0, 0.05) is 6.92 Å². The van der Waals surface area contributed by atoms with Crippen LogP contribution in [0.1, 0.15) is 20.3 Å². The van der Waals surface area contributed by atoms with Gasteiger partial charge >= 0.3 is 62.6 Å². The normalized spacial score (nSPS) is 7.55. The van der Waals surface area contributed by atoms with Gasteiger partial charge in [-0.25, -0.2) is 0 Å². The molecule has 5 heteroatoms. The molecule has 0 unspecified atom stereocenters. The van der Waals surface area contributed by atoms with Crippen molar-refractivity contribution in [3.8, 4) is 0 Å². The van der Waals surface area contributed by atoms with E-state index < -0.39 is 31.0 Å². The zero-order valence-electron chi connectivity index (χ0n) is 6.97. The van der Waals surface area contributed by atoms with E-state index in [1.807, 2.05) is 0 Å². The molecule has 0 amide bonds. The molecule has 0 saturated heterocycles. The monoisotopic (exact) mass is 370 g/mol. The van der Waals surface area contributed by atoms with Gasteiger partial charge in [0.25, 0.3) is 5.97 Å². The van der Waals surface area contributed by atoms with Gasteiger partial charge in [0.05, 0.1) is 0 Å². The fraction of sp³-hybridized carbons (Fsp3) is 0.833. The first-order chi connectivity index (χ1) is 5.15. The molecule has 3 nitrogen and oxygen atoms in total. The second kappa shape index (κ2) is 13.3. The van der Waals surface area contributed by atoms with Crippen LogP contribution < -0.4 is 0 Å². The molecule has 1 N–H and O–H groups in total. The van der Waals surface area contributed by atoms with E-state index in [-0.39, 0.29) is 0 Å². The molecule has 64 valence electrons. The van der Waals surface area contributed by atoms with E-state index in [0.29, 0.717) is 6.07 Å². The van der Waals surface area contributed by atoms with E-state index in [1.165, 1.54) is 10.4 Å². The molecule has 0 rings (SSSR count). The molecule has 0 atom stereocenters. The van der Waals surface area contributed by atoms with Crippen molar-refractivity contribution in [2.75, 3.05) is 6.07 Å². The van der Waals surface area contributed by atoms with E-state index >= 15 is 0 Å². The summed E-state index contributed by atoms with van der Waals surface area (Å²) in [5.41, 5.74) is 0. The third kappa shape index (κ3) is 36.8. The van der Waals surface area contributed by atoms with Crippen LogP contribution in [0.4, 0.5) is 0 Å². The maximum absolute atomic E-state index is 9.00. The third-order valence-electron chi connectivity index (χ3n) is 0.719. The Bertz CT molecular complexity index is 81.9. The van der Waals surface area contributed by atoms with Gasteiger partial charge in [-0.1, -0.05) is 0 Å². The fourth-order valence-corrected chi connectivity index (χ4v) is 3.60. The average Bonchev–Trinajstić information content (AvgIpc) is 1.88. The van der Waals surface area contributed by atoms with Gasteiger partial charge in [0.15, 0.2) is 0 Å².